The molecule has 2 aliphatic rings. The lowest BCUT2D eigenvalue weighted by atomic mass is 9.84. The monoisotopic (exact) mass is 170 g/mol. The van der Waals surface area contributed by atoms with Crippen LogP contribution >= 0.6 is 0 Å². The predicted octanol–water partition coefficient (Wildman–Crippen LogP) is 1.71. The fourth-order valence-corrected chi connectivity index (χ4v) is 2.59. The Kier molecular flexibility index (Phi) is 2.37. The van der Waals surface area contributed by atoms with E-state index in [0.717, 1.165) is 19.3 Å². The van der Waals surface area contributed by atoms with Crippen LogP contribution in [0.15, 0.2) is 0 Å². The third kappa shape index (κ3) is 1.38. The first-order valence-electron chi connectivity index (χ1n) is 5.14. The van der Waals surface area contributed by atoms with Gasteiger partial charge in [-0.1, -0.05) is 13.3 Å². The molecule has 0 spiro atoms. The quantitative estimate of drug-likeness (QED) is 0.698. The number of rotatable bonds is 3. The lowest BCUT2D eigenvalue weighted by Crippen LogP contribution is -2.29. The lowest BCUT2D eigenvalue weighted by molar-refractivity contribution is 0.0386. The van der Waals surface area contributed by atoms with Crippen molar-refractivity contribution in [1.29, 1.82) is 0 Å². The van der Waals surface area contributed by atoms with E-state index >= 15 is 0 Å². The SMILES string of the molecule is CCCC(O)C1CC2CCC1O2. The predicted molar refractivity (Wildman–Crippen MR) is 46.9 cm³/mol. The normalized spacial score (nSPS) is 42.0. The van der Waals surface area contributed by atoms with Crippen molar-refractivity contribution in [2.75, 3.05) is 0 Å². The number of hydrogen-bond acceptors (Lipinski definition) is 2. The Bertz CT molecular complexity index is 158. The summed E-state index contributed by atoms with van der Waals surface area (Å²) in [7, 11) is 0. The van der Waals surface area contributed by atoms with Crippen LogP contribution in [0.4, 0.5) is 0 Å². The number of hydrogen-bond donors (Lipinski definition) is 1. The van der Waals surface area contributed by atoms with Crippen LogP contribution in [0.2, 0.25) is 0 Å². The van der Waals surface area contributed by atoms with Crippen molar-refractivity contribution in [3.63, 3.8) is 0 Å². The van der Waals surface area contributed by atoms with Crippen molar-refractivity contribution in [2.24, 2.45) is 5.92 Å². The first kappa shape index (κ1) is 8.52. The second kappa shape index (κ2) is 3.35. The third-order valence-corrected chi connectivity index (χ3v) is 3.23. The number of aliphatic hydroxyl groups excluding tert-OH is 1. The molecule has 2 nitrogen and oxygen atoms in total. The molecule has 2 rings (SSSR count). The van der Waals surface area contributed by atoms with Crippen molar-refractivity contribution in [1.82, 2.24) is 0 Å². The Labute approximate surface area is 73.9 Å². The van der Waals surface area contributed by atoms with Gasteiger partial charge in [0.15, 0.2) is 0 Å². The highest BCUT2D eigenvalue weighted by molar-refractivity contribution is 4.92. The topological polar surface area (TPSA) is 29.5 Å². The Morgan fingerprint density at radius 3 is 2.83 bits per heavy atom. The second-order valence-corrected chi connectivity index (χ2v) is 4.13. The van der Waals surface area contributed by atoms with Gasteiger partial charge in [-0.15, -0.1) is 0 Å². The van der Waals surface area contributed by atoms with Gasteiger partial charge in [0.2, 0.25) is 0 Å². The molecule has 0 aromatic carbocycles. The van der Waals surface area contributed by atoms with Crippen molar-refractivity contribution < 1.29 is 9.84 Å². The summed E-state index contributed by atoms with van der Waals surface area (Å²) < 4.78 is 5.69. The maximum atomic E-state index is 9.79. The zero-order chi connectivity index (χ0) is 8.55. The molecule has 0 amide bonds. The van der Waals surface area contributed by atoms with Gasteiger partial charge in [-0.3, -0.25) is 0 Å². The zero-order valence-corrected chi connectivity index (χ0v) is 7.70. The summed E-state index contributed by atoms with van der Waals surface area (Å²) in [6.45, 7) is 2.12. The van der Waals surface area contributed by atoms with Crippen molar-refractivity contribution in [3.8, 4) is 0 Å². The fraction of sp³-hybridized carbons (Fsp3) is 1.00. The van der Waals surface area contributed by atoms with E-state index in [-0.39, 0.29) is 6.10 Å². The number of fused-ring (bicyclic) bond motifs is 2. The molecular formula is C10H18O2. The summed E-state index contributed by atoms with van der Waals surface area (Å²) in [6.07, 6.45) is 6.28. The highest BCUT2D eigenvalue weighted by atomic mass is 16.5. The molecule has 2 fully saturated rings. The molecule has 0 saturated carbocycles. The van der Waals surface area contributed by atoms with Gasteiger partial charge in [-0.25, -0.2) is 0 Å². The first-order chi connectivity index (χ1) is 5.81. The van der Waals surface area contributed by atoms with Crippen LogP contribution < -0.4 is 0 Å². The van der Waals surface area contributed by atoms with Crippen LogP contribution in [0.25, 0.3) is 0 Å². The highest BCUT2D eigenvalue weighted by Gasteiger charge is 2.43. The Hall–Kier alpha value is -0.0800. The summed E-state index contributed by atoms with van der Waals surface area (Å²) >= 11 is 0. The Morgan fingerprint density at radius 1 is 1.50 bits per heavy atom. The third-order valence-electron chi connectivity index (χ3n) is 3.23. The van der Waals surface area contributed by atoms with Crippen molar-refractivity contribution in [2.45, 2.75) is 57.3 Å². The van der Waals surface area contributed by atoms with Gasteiger partial charge in [0.05, 0.1) is 18.3 Å². The standard InChI is InChI=1S/C10H18O2/c1-2-3-9(11)8-6-7-4-5-10(8)12-7/h7-11H,2-6H2,1H3. The molecule has 2 aliphatic heterocycles. The largest absolute Gasteiger partial charge is 0.393 e. The van der Waals surface area contributed by atoms with E-state index in [1.54, 1.807) is 0 Å². The minimum atomic E-state index is -0.106. The maximum Gasteiger partial charge on any atom is 0.0633 e. The van der Waals surface area contributed by atoms with Gasteiger partial charge in [-0.05, 0) is 25.7 Å². The van der Waals surface area contributed by atoms with Gasteiger partial charge in [0.1, 0.15) is 0 Å². The van der Waals surface area contributed by atoms with Crippen molar-refractivity contribution >= 4 is 0 Å². The average Bonchev–Trinajstić information content (AvgIpc) is 2.64. The van der Waals surface area contributed by atoms with Crippen LogP contribution in [0.1, 0.15) is 39.0 Å². The van der Waals surface area contributed by atoms with Crippen LogP contribution in [-0.2, 0) is 4.74 Å². The molecule has 2 saturated heterocycles. The highest BCUT2D eigenvalue weighted by Crippen LogP contribution is 2.41. The fourth-order valence-electron chi connectivity index (χ4n) is 2.59. The summed E-state index contributed by atoms with van der Waals surface area (Å²) in [5.74, 6) is 0.448. The molecule has 4 unspecified atom stereocenters. The van der Waals surface area contributed by atoms with Gasteiger partial charge in [0.25, 0.3) is 0 Å². The zero-order valence-electron chi connectivity index (χ0n) is 7.70. The van der Waals surface area contributed by atoms with Gasteiger partial charge < -0.3 is 9.84 Å². The summed E-state index contributed by atoms with van der Waals surface area (Å²) in [5, 5.41) is 9.79. The first-order valence-corrected chi connectivity index (χ1v) is 5.14. The summed E-state index contributed by atoms with van der Waals surface area (Å²) in [4.78, 5) is 0. The molecule has 0 aromatic heterocycles. The van der Waals surface area contributed by atoms with Gasteiger partial charge in [0, 0.05) is 5.92 Å². The van der Waals surface area contributed by atoms with Gasteiger partial charge in [-0.2, -0.15) is 0 Å². The van der Waals surface area contributed by atoms with E-state index in [1.807, 2.05) is 0 Å². The van der Waals surface area contributed by atoms with Gasteiger partial charge >= 0.3 is 0 Å². The molecule has 12 heavy (non-hydrogen) atoms. The van der Waals surface area contributed by atoms with Crippen LogP contribution in [0.5, 0.6) is 0 Å². The minimum absolute atomic E-state index is 0.106. The van der Waals surface area contributed by atoms with E-state index in [2.05, 4.69) is 6.92 Å². The van der Waals surface area contributed by atoms with Crippen LogP contribution in [-0.4, -0.2) is 23.4 Å². The maximum absolute atomic E-state index is 9.79. The summed E-state index contributed by atoms with van der Waals surface area (Å²) in [6, 6.07) is 0. The Morgan fingerprint density at radius 2 is 2.33 bits per heavy atom. The second-order valence-electron chi connectivity index (χ2n) is 4.13. The van der Waals surface area contributed by atoms with E-state index in [4.69, 9.17) is 4.74 Å². The molecule has 0 radical (unpaired) electrons. The molecule has 70 valence electrons. The molecule has 1 N–H and O–H groups in total. The van der Waals surface area contributed by atoms with E-state index in [1.165, 1.54) is 12.8 Å². The van der Waals surface area contributed by atoms with E-state index in [0.29, 0.717) is 18.1 Å². The molecule has 4 atom stereocenters. The van der Waals surface area contributed by atoms with Crippen LogP contribution in [0, 0.1) is 5.92 Å². The average molecular weight is 170 g/mol. The van der Waals surface area contributed by atoms with E-state index < -0.39 is 0 Å². The van der Waals surface area contributed by atoms with Crippen LogP contribution in [0.3, 0.4) is 0 Å². The molecule has 2 heterocycles. The van der Waals surface area contributed by atoms with Crippen molar-refractivity contribution in [3.05, 3.63) is 0 Å². The molecule has 0 aliphatic carbocycles. The molecule has 2 heteroatoms. The smallest absolute Gasteiger partial charge is 0.0633 e. The minimum Gasteiger partial charge on any atom is -0.393 e. The molecule has 0 aromatic rings. The summed E-state index contributed by atoms with van der Waals surface area (Å²) in [5.41, 5.74) is 0. The molecular weight excluding hydrogens is 152 g/mol. The lowest BCUT2D eigenvalue weighted by Gasteiger charge is -2.23. The number of ether oxygens (including phenoxy) is 1. The molecule has 2 bridgehead atoms. The number of aliphatic hydroxyl groups is 1. The Balaban J connectivity index is 1.89. The van der Waals surface area contributed by atoms with E-state index in [9.17, 15) is 5.11 Å².